The van der Waals surface area contributed by atoms with Gasteiger partial charge < -0.3 is 24.8 Å². The summed E-state index contributed by atoms with van der Waals surface area (Å²) in [5.41, 5.74) is -1.26. The maximum atomic E-state index is 11.8. The van der Waals surface area contributed by atoms with E-state index in [0.29, 0.717) is 26.4 Å². The molecule has 18 heavy (non-hydrogen) atoms. The molecule has 7 heteroatoms. The van der Waals surface area contributed by atoms with Crippen molar-refractivity contribution in [2.45, 2.75) is 25.5 Å². The highest BCUT2D eigenvalue weighted by Crippen LogP contribution is 2.12. The minimum Gasteiger partial charge on any atom is -0.480 e. The number of hydrogen-bond acceptors (Lipinski definition) is 4. The Hall–Kier alpha value is -1.34. The van der Waals surface area contributed by atoms with E-state index in [1.807, 2.05) is 0 Å². The van der Waals surface area contributed by atoms with Crippen LogP contribution in [0, 0.1) is 0 Å². The van der Waals surface area contributed by atoms with Crippen LogP contribution in [0.1, 0.15) is 13.8 Å². The van der Waals surface area contributed by atoms with E-state index >= 15 is 0 Å². The first-order chi connectivity index (χ1) is 8.35. The van der Waals surface area contributed by atoms with Gasteiger partial charge in [-0.15, -0.1) is 0 Å². The molecule has 1 rings (SSSR count). The highest BCUT2D eigenvalue weighted by Gasteiger charge is 2.35. The van der Waals surface area contributed by atoms with Crippen LogP contribution in [0.15, 0.2) is 0 Å². The van der Waals surface area contributed by atoms with Gasteiger partial charge in [-0.2, -0.15) is 0 Å². The van der Waals surface area contributed by atoms with Crippen LogP contribution in [0.25, 0.3) is 0 Å². The summed E-state index contributed by atoms with van der Waals surface area (Å²) in [4.78, 5) is 24.0. The van der Waals surface area contributed by atoms with Gasteiger partial charge in [-0.1, -0.05) is 0 Å². The normalized spacial score (nSPS) is 20.3. The zero-order chi connectivity index (χ0) is 13.8. The average Bonchev–Trinajstić information content (AvgIpc) is 2.36. The summed E-state index contributed by atoms with van der Waals surface area (Å²) < 4.78 is 10.6. The van der Waals surface area contributed by atoms with E-state index in [2.05, 4.69) is 5.32 Å². The van der Waals surface area contributed by atoms with Crippen molar-refractivity contribution in [3.8, 4) is 0 Å². The van der Waals surface area contributed by atoms with Crippen molar-refractivity contribution < 1.29 is 24.2 Å². The molecule has 0 radical (unpaired) electrons. The van der Waals surface area contributed by atoms with Crippen LogP contribution in [0.2, 0.25) is 0 Å². The molecule has 1 saturated heterocycles. The fraction of sp³-hybridized carbons (Fsp3) is 0.818. The number of carboxylic acids is 1. The number of carboxylic acid groups (broad SMARTS) is 1. The van der Waals surface area contributed by atoms with Crippen LogP contribution >= 0.6 is 0 Å². The lowest BCUT2D eigenvalue weighted by atomic mass is 10.1. The maximum Gasteiger partial charge on any atom is 0.329 e. The molecule has 1 atom stereocenters. The van der Waals surface area contributed by atoms with Crippen LogP contribution in [0.3, 0.4) is 0 Å². The second-order valence-corrected chi connectivity index (χ2v) is 4.68. The summed E-state index contributed by atoms with van der Waals surface area (Å²) in [6.45, 7) is 4.75. The summed E-state index contributed by atoms with van der Waals surface area (Å²) in [7, 11) is 1.45. The van der Waals surface area contributed by atoms with Gasteiger partial charge in [0.15, 0.2) is 0 Å². The molecule has 1 unspecified atom stereocenters. The Balaban J connectivity index is 2.42. The highest BCUT2D eigenvalue weighted by atomic mass is 16.6. The number of urea groups is 1. The predicted octanol–water partition coefficient (Wildman–Crippen LogP) is -0.0936. The topological polar surface area (TPSA) is 88.1 Å². The number of amides is 2. The first-order valence-corrected chi connectivity index (χ1v) is 5.80. The molecule has 2 amide bonds. The van der Waals surface area contributed by atoms with E-state index in [9.17, 15) is 9.59 Å². The number of rotatable bonds is 4. The van der Waals surface area contributed by atoms with E-state index in [4.69, 9.17) is 14.6 Å². The summed E-state index contributed by atoms with van der Waals surface area (Å²) in [6, 6.07) is -0.448. The second kappa shape index (κ2) is 6.01. The summed E-state index contributed by atoms with van der Waals surface area (Å²) in [5.74, 6) is -1.06. The third kappa shape index (κ3) is 3.58. The van der Waals surface area contributed by atoms with E-state index in [1.54, 1.807) is 0 Å². The van der Waals surface area contributed by atoms with Crippen LogP contribution < -0.4 is 5.32 Å². The highest BCUT2D eigenvalue weighted by molar-refractivity contribution is 5.85. The zero-order valence-corrected chi connectivity index (χ0v) is 10.9. The molecule has 104 valence electrons. The molecule has 1 aliphatic rings. The Bertz CT molecular complexity index is 313. The van der Waals surface area contributed by atoms with Gasteiger partial charge in [0.05, 0.1) is 25.9 Å². The van der Waals surface area contributed by atoms with E-state index in [-0.39, 0.29) is 6.10 Å². The van der Waals surface area contributed by atoms with Gasteiger partial charge in [-0.25, -0.2) is 9.59 Å². The molecule has 0 bridgehead atoms. The smallest absolute Gasteiger partial charge is 0.329 e. The number of carbonyl (C=O) groups is 2. The Labute approximate surface area is 106 Å². The van der Waals surface area contributed by atoms with Gasteiger partial charge in [0.2, 0.25) is 0 Å². The monoisotopic (exact) mass is 260 g/mol. The van der Waals surface area contributed by atoms with Crippen molar-refractivity contribution in [1.29, 1.82) is 0 Å². The van der Waals surface area contributed by atoms with Gasteiger partial charge >= 0.3 is 12.0 Å². The van der Waals surface area contributed by atoms with Gasteiger partial charge in [0, 0.05) is 13.6 Å². The Morgan fingerprint density at radius 1 is 1.44 bits per heavy atom. The fourth-order valence-corrected chi connectivity index (χ4v) is 1.37. The van der Waals surface area contributed by atoms with E-state index in [0.717, 1.165) is 4.90 Å². The molecule has 1 fully saturated rings. The molecule has 0 aliphatic carbocycles. The number of likely N-dealkylation sites (N-methyl/N-ethyl adjacent to an activating group) is 1. The molecule has 0 aromatic carbocycles. The standard InChI is InChI=1S/C11H20N2O5/c1-11(2,9(14)15)13(3)10(16)12-6-8-7-17-4-5-18-8/h8H,4-7H2,1-3H3,(H,12,16)(H,14,15). The molecule has 1 heterocycles. The Morgan fingerprint density at radius 2 is 2.11 bits per heavy atom. The molecule has 0 spiro atoms. The quantitative estimate of drug-likeness (QED) is 0.737. The summed E-state index contributed by atoms with van der Waals surface area (Å²) in [6.07, 6.45) is -0.177. The van der Waals surface area contributed by atoms with Crippen molar-refractivity contribution in [3.05, 3.63) is 0 Å². The Morgan fingerprint density at radius 3 is 2.61 bits per heavy atom. The SMILES string of the molecule is CN(C(=O)NCC1COCCO1)C(C)(C)C(=O)O. The molecule has 0 aromatic rings. The average molecular weight is 260 g/mol. The number of nitrogens with zero attached hydrogens (tertiary/aromatic N) is 1. The fourth-order valence-electron chi connectivity index (χ4n) is 1.37. The molecule has 2 N–H and O–H groups in total. The van der Waals surface area contributed by atoms with Crippen LogP contribution in [0.4, 0.5) is 4.79 Å². The van der Waals surface area contributed by atoms with Crippen LogP contribution in [-0.2, 0) is 14.3 Å². The zero-order valence-electron chi connectivity index (χ0n) is 10.9. The predicted molar refractivity (Wildman–Crippen MR) is 63.4 cm³/mol. The van der Waals surface area contributed by atoms with Gasteiger partial charge in [0.25, 0.3) is 0 Å². The number of nitrogens with one attached hydrogen (secondary N) is 1. The van der Waals surface area contributed by atoms with Crippen LogP contribution in [0.5, 0.6) is 0 Å². The minimum absolute atomic E-state index is 0.177. The summed E-state index contributed by atoms with van der Waals surface area (Å²) >= 11 is 0. The maximum absolute atomic E-state index is 11.8. The van der Waals surface area contributed by atoms with Crippen LogP contribution in [-0.4, -0.2) is 67.1 Å². The van der Waals surface area contributed by atoms with E-state index < -0.39 is 17.5 Å². The largest absolute Gasteiger partial charge is 0.480 e. The Kier molecular flexibility index (Phi) is 4.92. The van der Waals surface area contributed by atoms with Gasteiger partial charge in [-0.3, -0.25) is 0 Å². The number of ether oxygens (including phenoxy) is 2. The van der Waals surface area contributed by atoms with Crippen molar-refractivity contribution in [1.82, 2.24) is 10.2 Å². The third-order valence-corrected chi connectivity index (χ3v) is 3.03. The lowest BCUT2D eigenvalue weighted by Crippen LogP contribution is -2.55. The second-order valence-electron chi connectivity index (χ2n) is 4.68. The first-order valence-electron chi connectivity index (χ1n) is 5.80. The molecular weight excluding hydrogens is 240 g/mol. The van der Waals surface area contributed by atoms with E-state index in [1.165, 1.54) is 20.9 Å². The molecule has 7 nitrogen and oxygen atoms in total. The number of hydrogen-bond donors (Lipinski definition) is 2. The molecule has 0 saturated carbocycles. The molecule has 0 aromatic heterocycles. The lowest BCUT2D eigenvalue weighted by molar-refractivity contribution is -0.146. The van der Waals surface area contributed by atoms with Crippen molar-refractivity contribution in [3.63, 3.8) is 0 Å². The molecule has 1 aliphatic heterocycles. The van der Waals surface area contributed by atoms with Crippen molar-refractivity contribution in [2.75, 3.05) is 33.4 Å². The molecular formula is C11H20N2O5. The number of aliphatic carboxylic acids is 1. The number of carbonyl (C=O) groups excluding carboxylic acids is 1. The van der Waals surface area contributed by atoms with Crippen molar-refractivity contribution in [2.24, 2.45) is 0 Å². The first kappa shape index (κ1) is 14.7. The summed E-state index contributed by atoms with van der Waals surface area (Å²) in [5, 5.41) is 11.6. The lowest BCUT2D eigenvalue weighted by Gasteiger charge is -2.32. The van der Waals surface area contributed by atoms with Crippen molar-refractivity contribution >= 4 is 12.0 Å². The minimum atomic E-state index is -1.26. The third-order valence-electron chi connectivity index (χ3n) is 3.03. The van der Waals surface area contributed by atoms with Gasteiger partial charge in [0.1, 0.15) is 5.54 Å². The van der Waals surface area contributed by atoms with Gasteiger partial charge in [-0.05, 0) is 13.8 Å².